The van der Waals surface area contributed by atoms with E-state index >= 15 is 0 Å². The van der Waals surface area contributed by atoms with Gasteiger partial charge in [-0.15, -0.1) is 39.7 Å². The molecule has 0 aliphatic heterocycles. The number of aliphatic hydroxyl groups is 1. The SMILES string of the molecule is C[C](=[Zr+2])CCO.[Cl-].[Cl-].c1cc[cH-]c1.c1ccc2c(c1)[cH-]c1ccccc12. The van der Waals surface area contributed by atoms with Gasteiger partial charge in [-0.25, -0.2) is 12.1 Å². The van der Waals surface area contributed by atoms with Crippen molar-refractivity contribution in [1.82, 2.24) is 0 Å². The molecule has 1 nitrogen and oxygen atoms in total. The Balaban J connectivity index is 0.000000410. The Bertz CT molecular complexity index is 799. The fraction of sp³-hybridized carbons (Fsp3) is 0.136. The van der Waals surface area contributed by atoms with Gasteiger partial charge in [0.2, 0.25) is 0 Å². The Labute approximate surface area is 182 Å². The molecule has 4 heteroatoms. The largest absolute Gasteiger partial charge is 1.00 e. The third-order valence-corrected chi connectivity index (χ3v) is 4.18. The van der Waals surface area contributed by atoms with Crippen molar-refractivity contribution in [3.8, 4) is 0 Å². The molecule has 0 fully saturated rings. The van der Waals surface area contributed by atoms with Crippen molar-refractivity contribution in [2.75, 3.05) is 6.61 Å². The molecule has 0 unspecified atom stereocenters. The Morgan fingerprint density at radius 2 is 1.31 bits per heavy atom. The number of halogens is 2. The summed E-state index contributed by atoms with van der Waals surface area (Å²) < 4.78 is 1.38. The first-order chi connectivity index (χ1) is 11.7. The number of hydrogen-bond acceptors (Lipinski definition) is 1. The molecule has 4 aromatic rings. The summed E-state index contributed by atoms with van der Waals surface area (Å²) in [5, 5.41) is 13.6. The van der Waals surface area contributed by atoms with Gasteiger partial charge in [0.25, 0.3) is 0 Å². The molecule has 0 radical (unpaired) electrons. The van der Waals surface area contributed by atoms with Gasteiger partial charge in [-0.2, -0.15) is 18.2 Å². The van der Waals surface area contributed by atoms with E-state index < -0.39 is 0 Å². The standard InChI is InChI=1S/C13H9.C5H5.C4H8O.2ClH.Zr/c1-3-7-12-10(5-1)9-11-6-2-4-8-13(11)12;1-2-4-5-3-1;1-2-3-4-5;;;/h1-9H;1-5H;5H,3-4H2,1H3;2*1H;/q2*-1;;;;+2/p-2. The van der Waals surface area contributed by atoms with Crippen LogP contribution in [0.15, 0.2) is 84.9 Å². The topological polar surface area (TPSA) is 20.2 Å². The number of fused-ring (bicyclic) bond motifs is 3. The first-order valence-corrected chi connectivity index (χ1v) is 9.30. The fourth-order valence-corrected chi connectivity index (χ4v) is 2.67. The van der Waals surface area contributed by atoms with Crippen LogP contribution >= 0.6 is 0 Å². The predicted molar refractivity (Wildman–Crippen MR) is 101 cm³/mol. The number of aliphatic hydroxyl groups excluding tert-OH is 1. The van der Waals surface area contributed by atoms with Crippen LogP contribution in [0.25, 0.3) is 21.5 Å². The summed E-state index contributed by atoms with van der Waals surface area (Å²) in [4.78, 5) is 0. The maximum atomic E-state index is 8.23. The number of rotatable bonds is 2. The number of hydrogen-bond donors (Lipinski definition) is 1. The van der Waals surface area contributed by atoms with E-state index in [0.717, 1.165) is 6.42 Å². The van der Waals surface area contributed by atoms with Crippen LogP contribution in [0.5, 0.6) is 0 Å². The van der Waals surface area contributed by atoms with E-state index in [9.17, 15) is 0 Å². The van der Waals surface area contributed by atoms with Gasteiger partial charge in [-0.3, -0.25) is 0 Å². The summed E-state index contributed by atoms with van der Waals surface area (Å²) in [6.07, 6.45) is 0.887. The van der Waals surface area contributed by atoms with E-state index in [4.69, 9.17) is 5.11 Å². The first-order valence-electron chi connectivity index (χ1n) is 8.07. The van der Waals surface area contributed by atoms with E-state index in [0.29, 0.717) is 6.61 Å². The molecule has 136 valence electrons. The molecule has 0 aromatic heterocycles. The average Bonchev–Trinajstić information content (AvgIpc) is 3.27. The maximum Gasteiger partial charge on any atom is -0.0771 e. The van der Waals surface area contributed by atoms with Gasteiger partial charge in [-0.1, -0.05) is 36.4 Å². The third kappa shape index (κ3) is 8.10. The summed E-state index contributed by atoms with van der Waals surface area (Å²) in [6.45, 7) is 2.37. The molecule has 0 heterocycles. The zero-order valence-corrected chi connectivity index (χ0v) is 18.7. The van der Waals surface area contributed by atoms with Crippen molar-refractivity contribution >= 4 is 24.8 Å². The van der Waals surface area contributed by atoms with E-state index in [1.165, 1.54) is 49.0 Å². The zero-order chi connectivity index (χ0) is 17.2. The average molecular weight is 465 g/mol. The molecule has 0 bridgehead atoms. The monoisotopic (exact) mass is 462 g/mol. The van der Waals surface area contributed by atoms with Crippen LogP contribution in [0.1, 0.15) is 13.3 Å². The molecule has 4 aromatic carbocycles. The molecule has 0 spiro atoms. The maximum absolute atomic E-state index is 8.23. The normalized spacial score (nSPS) is 9.08. The van der Waals surface area contributed by atoms with Crippen LogP contribution < -0.4 is 24.8 Å². The first kappa shape index (κ1) is 25.0. The summed E-state index contributed by atoms with van der Waals surface area (Å²) >= 11 is 1.44. The quantitative estimate of drug-likeness (QED) is 0.387. The van der Waals surface area contributed by atoms with Crippen LogP contribution in [0.2, 0.25) is 0 Å². The summed E-state index contributed by atoms with van der Waals surface area (Å²) in [6, 6.07) is 29.3. The fourth-order valence-electron chi connectivity index (χ4n) is 2.39. The summed E-state index contributed by atoms with van der Waals surface area (Å²) in [5.41, 5.74) is 0. The van der Waals surface area contributed by atoms with Crippen LogP contribution in [-0.2, 0) is 24.2 Å². The van der Waals surface area contributed by atoms with E-state index in [2.05, 4.69) is 61.5 Å². The third-order valence-electron chi connectivity index (χ3n) is 3.57. The Morgan fingerprint density at radius 3 is 1.62 bits per heavy atom. The Kier molecular flexibility index (Phi) is 13.5. The van der Waals surface area contributed by atoms with Crippen LogP contribution in [0.3, 0.4) is 0 Å². The van der Waals surface area contributed by atoms with Gasteiger partial charge >= 0.3 is 52.5 Å². The molecular formula is C22H22Cl2OZr-2. The van der Waals surface area contributed by atoms with Gasteiger partial charge in [0.1, 0.15) is 0 Å². The van der Waals surface area contributed by atoms with Crippen molar-refractivity contribution in [1.29, 1.82) is 0 Å². The van der Waals surface area contributed by atoms with Gasteiger partial charge in [-0.05, 0) is 0 Å². The zero-order valence-electron chi connectivity index (χ0n) is 14.7. The second kappa shape index (κ2) is 14.1. The number of benzene rings is 2. The van der Waals surface area contributed by atoms with Gasteiger partial charge in [0.15, 0.2) is 0 Å². The molecular weight excluding hydrogens is 442 g/mol. The minimum Gasteiger partial charge on any atom is -1.00 e. The molecule has 0 aliphatic rings. The van der Waals surface area contributed by atoms with Gasteiger partial charge in [0.05, 0.1) is 0 Å². The van der Waals surface area contributed by atoms with Crippen molar-refractivity contribution in [3.63, 3.8) is 0 Å². The Morgan fingerprint density at radius 1 is 0.846 bits per heavy atom. The molecule has 1 N–H and O–H groups in total. The molecule has 0 amide bonds. The van der Waals surface area contributed by atoms with Gasteiger partial charge < -0.3 is 24.8 Å². The van der Waals surface area contributed by atoms with Gasteiger partial charge in [0, 0.05) is 0 Å². The Hall–Kier alpha value is -1.05. The molecule has 0 saturated carbocycles. The summed E-state index contributed by atoms with van der Waals surface area (Å²) in [5.74, 6) is 0. The molecule has 4 rings (SSSR count). The van der Waals surface area contributed by atoms with Crippen molar-refractivity contribution < 1.29 is 54.2 Å². The van der Waals surface area contributed by atoms with Crippen molar-refractivity contribution in [2.45, 2.75) is 13.3 Å². The second-order valence-electron chi connectivity index (χ2n) is 5.54. The van der Waals surface area contributed by atoms with Crippen molar-refractivity contribution in [3.05, 3.63) is 84.9 Å². The van der Waals surface area contributed by atoms with Crippen LogP contribution in [0.4, 0.5) is 0 Å². The molecule has 0 saturated heterocycles. The van der Waals surface area contributed by atoms with E-state index in [1.54, 1.807) is 0 Å². The summed E-state index contributed by atoms with van der Waals surface area (Å²) in [7, 11) is 0. The van der Waals surface area contributed by atoms with Crippen LogP contribution in [0, 0.1) is 0 Å². The molecule has 0 atom stereocenters. The minimum atomic E-state index is 0. The second-order valence-corrected chi connectivity index (χ2v) is 7.63. The predicted octanol–water partition coefficient (Wildman–Crippen LogP) is -0.767. The minimum absolute atomic E-state index is 0. The molecule has 26 heavy (non-hydrogen) atoms. The van der Waals surface area contributed by atoms with Crippen molar-refractivity contribution in [2.24, 2.45) is 0 Å². The smallest absolute Gasteiger partial charge is 0.0771 e. The van der Waals surface area contributed by atoms with Crippen LogP contribution in [-0.4, -0.2) is 14.9 Å². The molecule has 0 aliphatic carbocycles. The van der Waals surface area contributed by atoms with E-state index in [1.807, 2.05) is 30.3 Å². The van der Waals surface area contributed by atoms with E-state index in [-0.39, 0.29) is 24.8 Å².